The van der Waals surface area contributed by atoms with Crippen LogP contribution in [0.4, 0.5) is 4.79 Å². The Balaban J connectivity index is 0.000000336. The second-order valence-electron chi connectivity index (χ2n) is 3.62. The van der Waals surface area contributed by atoms with E-state index in [4.69, 9.17) is 9.90 Å². The van der Waals surface area contributed by atoms with Crippen LogP contribution in [0.5, 0.6) is 0 Å². The van der Waals surface area contributed by atoms with Gasteiger partial charge in [-0.2, -0.15) is 0 Å². The Morgan fingerprint density at radius 2 is 2.13 bits per heavy atom. The van der Waals surface area contributed by atoms with E-state index in [0.717, 1.165) is 19.6 Å². The van der Waals surface area contributed by atoms with Gasteiger partial charge in [-0.3, -0.25) is 0 Å². The second kappa shape index (κ2) is 6.86. The quantitative estimate of drug-likeness (QED) is 0.512. The molecule has 0 atom stereocenters. The number of aromatic nitrogens is 2. The summed E-state index contributed by atoms with van der Waals surface area (Å²) in [6.45, 7) is 5.56. The molecule has 0 amide bonds. The Morgan fingerprint density at radius 1 is 1.60 bits per heavy atom. The van der Waals surface area contributed by atoms with E-state index in [9.17, 15) is 0 Å². The van der Waals surface area contributed by atoms with Gasteiger partial charge >= 0.3 is 0 Å². The fourth-order valence-electron chi connectivity index (χ4n) is 1.03. The van der Waals surface area contributed by atoms with Crippen molar-refractivity contribution in [2.45, 2.75) is 20.4 Å². The predicted molar refractivity (Wildman–Crippen MR) is 52.9 cm³/mol. The van der Waals surface area contributed by atoms with E-state index in [-0.39, 0.29) is 0 Å². The first kappa shape index (κ1) is 13.5. The van der Waals surface area contributed by atoms with Gasteiger partial charge in [0.1, 0.15) is 12.4 Å². The Morgan fingerprint density at radius 3 is 2.40 bits per heavy atom. The van der Waals surface area contributed by atoms with Gasteiger partial charge in [0.05, 0.1) is 13.6 Å². The van der Waals surface area contributed by atoms with Gasteiger partial charge in [-0.1, -0.05) is 13.8 Å². The molecule has 1 rings (SSSR count). The van der Waals surface area contributed by atoms with E-state index >= 15 is 0 Å². The summed E-state index contributed by atoms with van der Waals surface area (Å²) in [6.07, 6.45) is 4.76. The predicted octanol–water partition coefficient (Wildman–Crippen LogP) is -0.0553. The van der Waals surface area contributed by atoms with E-state index in [1.807, 2.05) is 7.05 Å². The molecule has 1 heterocycles. The molecule has 0 spiro atoms. The SMILES string of the molecule is CC(C)Cn1cc[n+](C)c1.COC(=O)[O-]. The van der Waals surface area contributed by atoms with Crippen LogP contribution in [0, 0.1) is 5.92 Å². The summed E-state index contributed by atoms with van der Waals surface area (Å²) in [6, 6.07) is 0. The summed E-state index contributed by atoms with van der Waals surface area (Å²) in [5.41, 5.74) is 0. The Labute approximate surface area is 89.9 Å². The summed E-state index contributed by atoms with van der Waals surface area (Å²) in [5.74, 6) is 0.729. The molecule has 0 aliphatic heterocycles. The van der Waals surface area contributed by atoms with E-state index in [0.29, 0.717) is 0 Å². The Bertz CT molecular complexity index is 295. The number of imidazole rings is 1. The fourth-order valence-corrected chi connectivity index (χ4v) is 1.03. The number of nitrogens with zero attached hydrogens (tertiary/aromatic N) is 2. The molecule has 1 aromatic rings. The van der Waals surface area contributed by atoms with Crippen molar-refractivity contribution in [1.82, 2.24) is 4.57 Å². The van der Waals surface area contributed by atoms with Crippen LogP contribution in [0.2, 0.25) is 0 Å². The number of methoxy groups -OCH3 is 1. The minimum Gasteiger partial charge on any atom is -0.553 e. The molecule has 0 aromatic carbocycles. The molecule has 15 heavy (non-hydrogen) atoms. The van der Waals surface area contributed by atoms with Crippen molar-refractivity contribution in [3.05, 3.63) is 18.7 Å². The molecule has 0 saturated carbocycles. The maximum Gasteiger partial charge on any atom is 0.251 e. The molecule has 86 valence electrons. The third kappa shape index (κ3) is 7.54. The lowest BCUT2D eigenvalue weighted by molar-refractivity contribution is -0.671. The van der Waals surface area contributed by atoms with Gasteiger partial charge in [0.25, 0.3) is 6.16 Å². The monoisotopic (exact) mass is 214 g/mol. The van der Waals surface area contributed by atoms with Crippen LogP contribution in [0.3, 0.4) is 0 Å². The topological polar surface area (TPSA) is 58.2 Å². The zero-order valence-electron chi connectivity index (χ0n) is 9.64. The zero-order chi connectivity index (χ0) is 11.8. The lowest BCUT2D eigenvalue weighted by Crippen LogP contribution is -2.24. The van der Waals surface area contributed by atoms with E-state index in [1.165, 1.54) is 0 Å². The Kier molecular flexibility index (Phi) is 6.17. The first-order valence-corrected chi connectivity index (χ1v) is 4.71. The number of ether oxygens (including phenoxy) is 1. The first-order valence-electron chi connectivity index (χ1n) is 4.71. The van der Waals surface area contributed by atoms with Crippen molar-refractivity contribution in [2.24, 2.45) is 13.0 Å². The van der Waals surface area contributed by atoms with Crippen molar-refractivity contribution < 1.29 is 19.2 Å². The molecular formula is C10H18N2O3. The maximum absolute atomic E-state index is 9.03. The summed E-state index contributed by atoms with van der Waals surface area (Å²) in [5, 5.41) is 9.03. The highest BCUT2D eigenvalue weighted by Gasteiger charge is 2.01. The molecule has 0 fully saturated rings. The van der Waals surface area contributed by atoms with Crippen molar-refractivity contribution >= 4 is 6.16 Å². The van der Waals surface area contributed by atoms with E-state index in [1.54, 1.807) is 0 Å². The van der Waals surface area contributed by atoms with Crippen LogP contribution >= 0.6 is 0 Å². The van der Waals surface area contributed by atoms with Crippen LogP contribution in [0.15, 0.2) is 18.7 Å². The molecule has 0 unspecified atom stereocenters. The highest BCUT2D eigenvalue weighted by molar-refractivity contribution is 5.53. The highest BCUT2D eigenvalue weighted by atomic mass is 16.6. The van der Waals surface area contributed by atoms with Crippen LogP contribution in [0.1, 0.15) is 13.8 Å². The van der Waals surface area contributed by atoms with Gasteiger partial charge in [0.15, 0.2) is 0 Å². The molecule has 0 N–H and O–H groups in total. The van der Waals surface area contributed by atoms with Crippen LogP contribution in [0.25, 0.3) is 0 Å². The number of carbonyl (C=O) groups is 1. The third-order valence-electron chi connectivity index (χ3n) is 1.57. The molecule has 0 radical (unpaired) electrons. The summed E-state index contributed by atoms with van der Waals surface area (Å²) < 4.78 is 7.81. The van der Waals surface area contributed by atoms with Crippen LogP contribution < -0.4 is 9.67 Å². The molecule has 0 aliphatic carbocycles. The fraction of sp³-hybridized carbons (Fsp3) is 0.600. The molecule has 0 bridgehead atoms. The average molecular weight is 214 g/mol. The average Bonchev–Trinajstić information content (AvgIpc) is 2.51. The summed E-state index contributed by atoms with van der Waals surface area (Å²) in [4.78, 5) is 9.03. The standard InChI is InChI=1S/C8H15N2.C2H4O3/c1-8(2)6-10-5-4-9(3)7-10;1-5-2(3)4/h4-5,7-8H,6H2,1-3H3;1H3,(H,3,4)/q+1;/p-1. The van der Waals surface area contributed by atoms with Gasteiger partial charge in [0, 0.05) is 7.11 Å². The molecule has 0 saturated heterocycles. The minimum atomic E-state index is -1.50. The van der Waals surface area contributed by atoms with Crippen LogP contribution in [-0.2, 0) is 18.3 Å². The summed E-state index contributed by atoms with van der Waals surface area (Å²) in [7, 11) is 3.08. The van der Waals surface area contributed by atoms with Gasteiger partial charge in [0.2, 0.25) is 6.33 Å². The number of rotatable bonds is 2. The molecule has 5 heteroatoms. The molecular weight excluding hydrogens is 196 g/mol. The maximum atomic E-state index is 9.03. The molecule has 1 aromatic heterocycles. The number of carbonyl (C=O) groups excluding carboxylic acids is 1. The van der Waals surface area contributed by atoms with Gasteiger partial charge in [-0.25, -0.2) is 9.13 Å². The van der Waals surface area contributed by atoms with Crippen molar-refractivity contribution in [3.8, 4) is 0 Å². The Hall–Kier alpha value is -1.52. The third-order valence-corrected chi connectivity index (χ3v) is 1.57. The lowest BCUT2D eigenvalue weighted by atomic mass is 10.2. The van der Waals surface area contributed by atoms with E-state index < -0.39 is 6.16 Å². The van der Waals surface area contributed by atoms with E-state index in [2.05, 4.69) is 46.4 Å². The highest BCUT2D eigenvalue weighted by Crippen LogP contribution is 1.95. The smallest absolute Gasteiger partial charge is 0.251 e. The van der Waals surface area contributed by atoms with Gasteiger partial charge in [-0.05, 0) is 5.92 Å². The van der Waals surface area contributed by atoms with Crippen molar-refractivity contribution in [2.75, 3.05) is 7.11 Å². The number of carboxylic acid groups (broad SMARTS) is 1. The normalized spacial score (nSPS) is 9.40. The number of aryl methyl sites for hydroxylation is 1. The van der Waals surface area contributed by atoms with Crippen molar-refractivity contribution in [1.29, 1.82) is 0 Å². The molecule has 0 aliphatic rings. The largest absolute Gasteiger partial charge is 0.553 e. The summed E-state index contributed by atoms with van der Waals surface area (Å²) >= 11 is 0. The molecule has 5 nitrogen and oxygen atoms in total. The minimum absolute atomic E-state index is 0.729. The first-order chi connectivity index (χ1) is 6.95. The second-order valence-corrected chi connectivity index (χ2v) is 3.62. The van der Waals surface area contributed by atoms with Gasteiger partial charge < -0.3 is 14.6 Å². The van der Waals surface area contributed by atoms with Gasteiger partial charge in [-0.15, -0.1) is 0 Å². The number of hydrogen-bond donors (Lipinski definition) is 0. The lowest BCUT2D eigenvalue weighted by Gasteiger charge is -1.97. The number of hydrogen-bond acceptors (Lipinski definition) is 3. The zero-order valence-corrected chi connectivity index (χ0v) is 9.64. The van der Waals surface area contributed by atoms with Crippen molar-refractivity contribution in [3.63, 3.8) is 0 Å². The van der Waals surface area contributed by atoms with Crippen LogP contribution in [-0.4, -0.2) is 17.8 Å².